The molecule has 0 fully saturated rings. The van der Waals surface area contributed by atoms with E-state index in [9.17, 15) is 16.8 Å². The maximum atomic E-state index is 12.2. The lowest BCUT2D eigenvalue weighted by atomic mass is 10.9. The summed E-state index contributed by atoms with van der Waals surface area (Å²) in [7, 11) is -4.39. The van der Waals surface area contributed by atoms with Gasteiger partial charge in [0.05, 0.1) is 6.33 Å². The molecular formula is C9H14N8O4S2. The number of rotatable bonds is 6. The van der Waals surface area contributed by atoms with Crippen molar-refractivity contribution in [3.63, 3.8) is 0 Å². The van der Waals surface area contributed by atoms with Crippen molar-refractivity contribution < 1.29 is 16.8 Å². The lowest BCUT2D eigenvalue weighted by Crippen LogP contribution is -2.30. The standard InChI is InChI=1S/C9H14N8O4S2/c1-14(2)23(20,21)17-7-11-9(13-17)22(18,19)15(3)12-8-16-5-4-10-6-16/h4-8H,1-3H3/b12-8-. The minimum Gasteiger partial charge on any atom is -0.295 e. The normalized spacial score (nSPS) is 13.0. The molecule has 14 heteroatoms. The number of hydrazone groups is 1. The summed E-state index contributed by atoms with van der Waals surface area (Å²) in [5, 5.41) is 6.52. The van der Waals surface area contributed by atoms with Gasteiger partial charge >= 0.3 is 20.2 Å². The van der Waals surface area contributed by atoms with E-state index in [1.165, 1.54) is 44.6 Å². The van der Waals surface area contributed by atoms with Crippen LogP contribution in [0.15, 0.2) is 35.3 Å². The molecule has 0 aromatic carbocycles. The quantitative estimate of drug-likeness (QED) is 0.337. The van der Waals surface area contributed by atoms with Crippen LogP contribution >= 0.6 is 0 Å². The van der Waals surface area contributed by atoms with Crippen molar-refractivity contribution in [1.82, 2.24) is 32.4 Å². The largest absolute Gasteiger partial charge is 0.323 e. The molecule has 0 amide bonds. The Labute approximate surface area is 132 Å². The van der Waals surface area contributed by atoms with Crippen LogP contribution in [0.3, 0.4) is 0 Å². The van der Waals surface area contributed by atoms with Gasteiger partial charge in [0.25, 0.3) is 5.16 Å². The van der Waals surface area contributed by atoms with Crippen molar-refractivity contribution >= 4 is 26.6 Å². The first-order chi connectivity index (χ1) is 10.7. The number of sulfonamides is 1. The first-order valence-electron chi connectivity index (χ1n) is 6.01. The number of imidazole rings is 1. The summed E-state index contributed by atoms with van der Waals surface area (Å²) < 4.78 is 51.6. The molecule has 0 saturated carbocycles. The molecule has 0 aliphatic heterocycles. The van der Waals surface area contributed by atoms with E-state index in [1.54, 1.807) is 6.20 Å². The molecule has 0 unspecified atom stereocenters. The minimum atomic E-state index is -4.18. The molecule has 2 rings (SSSR count). The summed E-state index contributed by atoms with van der Waals surface area (Å²) in [5.74, 6) is 0. The van der Waals surface area contributed by atoms with Gasteiger partial charge in [-0.1, -0.05) is 0 Å². The van der Waals surface area contributed by atoms with Crippen LogP contribution in [0.25, 0.3) is 0 Å². The van der Waals surface area contributed by atoms with Crippen molar-refractivity contribution in [1.29, 1.82) is 0 Å². The average Bonchev–Trinajstić information content (AvgIpc) is 3.15. The Kier molecular flexibility index (Phi) is 4.49. The summed E-state index contributed by atoms with van der Waals surface area (Å²) in [6, 6.07) is 0. The fraction of sp³-hybridized carbons (Fsp3) is 0.333. The fourth-order valence-electron chi connectivity index (χ4n) is 1.28. The van der Waals surface area contributed by atoms with Crippen LogP contribution in [-0.2, 0) is 20.2 Å². The van der Waals surface area contributed by atoms with Gasteiger partial charge in [0.15, 0.2) is 0 Å². The molecular weight excluding hydrogens is 348 g/mol. The van der Waals surface area contributed by atoms with Gasteiger partial charge in [0.2, 0.25) is 0 Å². The van der Waals surface area contributed by atoms with Crippen molar-refractivity contribution in [2.45, 2.75) is 5.16 Å². The van der Waals surface area contributed by atoms with Crippen LogP contribution < -0.4 is 0 Å². The number of nitrogens with zero attached hydrogens (tertiary/aromatic N) is 8. The first kappa shape index (κ1) is 17.0. The molecule has 0 spiro atoms. The molecule has 126 valence electrons. The highest BCUT2D eigenvalue weighted by Gasteiger charge is 2.27. The van der Waals surface area contributed by atoms with E-state index >= 15 is 0 Å². The number of aromatic nitrogens is 5. The van der Waals surface area contributed by atoms with E-state index in [0.717, 1.165) is 10.6 Å². The third-order valence-corrected chi connectivity index (χ3v) is 5.61. The van der Waals surface area contributed by atoms with Gasteiger partial charge in [-0.2, -0.15) is 30.7 Å². The van der Waals surface area contributed by atoms with E-state index in [-0.39, 0.29) is 0 Å². The predicted molar refractivity (Wildman–Crippen MR) is 79.1 cm³/mol. The number of hydrogen-bond acceptors (Lipinski definition) is 8. The van der Waals surface area contributed by atoms with E-state index in [4.69, 9.17) is 0 Å². The Morgan fingerprint density at radius 3 is 2.43 bits per heavy atom. The summed E-state index contributed by atoms with van der Waals surface area (Å²) >= 11 is 0. The molecule has 12 nitrogen and oxygen atoms in total. The molecule has 0 bridgehead atoms. The number of hydrogen-bond donors (Lipinski definition) is 0. The molecule has 0 radical (unpaired) electrons. The predicted octanol–water partition coefficient (Wildman–Crippen LogP) is -1.76. The second-order valence-electron chi connectivity index (χ2n) is 4.37. The molecule has 0 atom stereocenters. The minimum absolute atomic E-state index is 0.466. The van der Waals surface area contributed by atoms with Crippen molar-refractivity contribution in [2.24, 2.45) is 5.10 Å². The van der Waals surface area contributed by atoms with Crippen molar-refractivity contribution in [3.05, 3.63) is 25.0 Å². The van der Waals surface area contributed by atoms with E-state index in [0.29, 0.717) is 8.50 Å². The Balaban J connectivity index is 2.28. The van der Waals surface area contributed by atoms with Crippen molar-refractivity contribution in [3.8, 4) is 0 Å². The average molecular weight is 362 g/mol. The second kappa shape index (κ2) is 6.05. The second-order valence-corrected chi connectivity index (χ2v) is 8.21. The summed E-state index contributed by atoms with van der Waals surface area (Å²) in [4.78, 5) is 7.30. The van der Waals surface area contributed by atoms with Gasteiger partial charge in [-0.15, -0.1) is 9.19 Å². The zero-order valence-electron chi connectivity index (χ0n) is 12.4. The molecule has 0 N–H and O–H groups in total. The summed E-state index contributed by atoms with van der Waals surface area (Å²) in [6.45, 7) is 0. The Morgan fingerprint density at radius 1 is 1.17 bits per heavy atom. The summed E-state index contributed by atoms with van der Waals surface area (Å²) in [6.07, 6.45) is 6.48. The van der Waals surface area contributed by atoms with E-state index in [1.807, 2.05) is 0 Å². The Morgan fingerprint density at radius 2 is 1.87 bits per heavy atom. The van der Waals surface area contributed by atoms with Crippen LogP contribution in [0.2, 0.25) is 0 Å². The lowest BCUT2D eigenvalue weighted by Gasteiger charge is -2.11. The maximum absolute atomic E-state index is 12.2. The van der Waals surface area contributed by atoms with Gasteiger partial charge in [0.1, 0.15) is 12.7 Å². The molecule has 2 heterocycles. The molecule has 0 saturated heterocycles. The van der Waals surface area contributed by atoms with E-state index < -0.39 is 25.4 Å². The fourth-order valence-corrected chi connectivity index (χ4v) is 2.79. The van der Waals surface area contributed by atoms with Gasteiger partial charge in [-0.25, -0.2) is 9.97 Å². The van der Waals surface area contributed by atoms with Gasteiger partial charge in [-0.05, 0) is 0 Å². The van der Waals surface area contributed by atoms with Crippen LogP contribution in [0.1, 0.15) is 0 Å². The lowest BCUT2D eigenvalue weighted by molar-refractivity contribution is 0.480. The zero-order chi connectivity index (χ0) is 17.3. The van der Waals surface area contributed by atoms with Crippen LogP contribution in [0, 0.1) is 0 Å². The highest BCUT2D eigenvalue weighted by atomic mass is 32.2. The van der Waals surface area contributed by atoms with Crippen LogP contribution in [0.5, 0.6) is 0 Å². The molecule has 2 aromatic heterocycles. The highest BCUT2D eigenvalue weighted by Crippen LogP contribution is 2.10. The van der Waals surface area contributed by atoms with Crippen LogP contribution in [-0.4, -0.2) is 76.8 Å². The monoisotopic (exact) mass is 362 g/mol. The third-order valence-electron chi connectivity index (χ3n) is 2.60. The third kappa shape index (κ3) is 3.38. The van der Waals surface area contributed by atoms with Gasteiger partial charge in [-0.3, -0.25) is 4.57 Å². The van der Waals surface area contributed by atoms with Gasteiger partial charge in [0, 0.05) is 33.5 Å². The topological polar surface area (TPSA) is 136 Å². The highest BCUT2D eigenvalue weighted by molar-refractivity contribution is 7.89. The Hall–Kier alpha value is -2.32. The first-order valence-corrected chi connectivity index (χ1v) is 8.84. The molecule has 23 heavy (non-hydrogen) atoms. The smallest absolute Gasteiger partial charge is 0.295 e. The SMILES string of the molecule is CN(/N=C\n1ccnc1)S(=O)(=O)c1ncn(S(=O)(=O)N(C)C)n1. The van der Waals surface area contributed by atoms with Crippen LogP contribution in [0.4, 0.5) is 0 Å². The Bertz CT molecular complexity index is 897. The molecule has 2 aromatic rings. The molecule has 0 aliphatic carbocycles. The van der Waals surface area contributed by atoms with Crippen molar-refractivity contribution in [2.75, 3.05) is 21.1 Å². The van der Waals surface area contributed by atoms with Gasteiger partial charge < -0.3 is 0 Å². The maximum Gasteiger partial charge on any atom is 0.323 e. The summed E-state index contributed by atoms with van der Waals surface area (Å²) in [5.41, 5.74) is 0. The molecule has 0 aliphatic rings. The zero-order valence-corrected chi connectivity index (χ0v) is 14.0. The van der Waals surface area contributed by atoms with E-state index in [2.05, 4.69) is 20.2 Å².